The molecule has 1 saturated heterocycles. The summed E-state index contributed by atoms with van der Waals surface area (Å²) in [5.41, 5.74) is 1.23. The topological polar surface area (TPSA) is 43.3 Å². The summed E-state index contributed by atoms with van der Waals surface area (Å²) in [6.07, 6.45) is 0. The monoisotopic (exact) mass is 461 g/mol. The van der Waals surface area contributed by atoms with Crippen molar-refractivity contribution >= 4 is 29.9 Å². The van der Waals surface area contributed by atoms with Crippen LogP contribution >= 0.6 is 24.0 Å². The Balaban J connectivity index is 0.00000312. The van der Waals surface area contributed by atoms with Crippen LogP contribution in [0.25, 0.3) is 0 Å². The van der Waals surface area contributed by atoms with E-state index in [1.807, 2.05) is 19.2 Å². The molecule has 0 bridgehead atoms. The third-order valence-corrected chi connectivity index (χ3v) is 4.63. The molecule has 0 aromatic heterocycles. The van der Waals surface area contributed by atoms with E-state index in [0.717, 1.165) is 44.4 Å². The normalized spacial score (nSPS) is 19.2. The molecule has 6 nitrogen and oxygen atoms in total. The molecule has 0 amide bonds. The van der Waals surface area contributed by atoms with Gasteiger partial charge < -0.3 is 19.9 Å². The number of hydrogen-bond acceptors (Lipinski definition) is 4. The van der Waals surface area contributed by atoms with Crippen molar-refractivity contribution in [2.75, 3.05) is 61.5 Å². The number of halogens is 1. The average Bonchev–Trinajstić information content (AvgIpc) is 2.59. The maximum atomic E-state index is 5.21. The van der Waals surface area contributed by atoms with Gasteiger partial charge in [-0.3, -0.25) is 9.89 Å². The summed E-state index contributed by atoms with van der Waals surface area (Å²) in [5, 5.41) is 3.52. The first-order valence-electron chi connectivity index (χ1n) is 8.47. The van der Waals surface area contributed by atoms with Gasteiger partial charge in [0.15, 0.2) is 5.96 Å². The first kappa shape index (κ1) is 22.0. The maximum Gasteiger partial charge on any atom is 0.193 e. The van der Waals surface area contributed by atoms with Gasteiger partial charge in [0.25, 0.3) is 0 Å². The molecule has 1 aromatic carbocycles. The number of methoxy groups -OCH3 is 1. The molecule has 1 aliphatic heterocycles. The molecule has 0 spiro atoms. The van der Waals surface area contributed by atoms with Crippen molar-refractivity contribution in [2.24, 2.45) is 4.99 Å². The quantitative estimate of drug-likeness (QED) is 0.410. The molecule has 1 atom stereocenters. The molecule has 1 N–H and O–H groups in total. The van der Waals surface area contributed by atoms with Crippen LogP contribution in [0, 0.1) is 0 Å². The Hall–Kier alpha value is -1.06. The van der Waals surface area contributed by atoms with E-state index in [4.69, 9.17) is 4.74 Å². The maximum absolute atomic E-state index is 5.21. The number of ether oxygens (including phenoxy) is 1. The zero-order valence-electron chi connectivity index (χ0n) is 16.0. The first-order chi connectivity index (χ1) is 11.5. The molecular weight excluding hydrogens is 429 g/mol. The Morgan fingerprint density at radius 2 is 1.96 bits per heavy atom. The Labute approximate surface area is 169 Å². The first-order valence-corrected chi connectivity index (χ1v) is 8.47. The van der Waals surface area contributed by atoms with Crippen LogP contribution in [0.4, 0.5) is 0 Å². The lowest BCUT2D eigenvalue weighted by Gasteiger charge is -2.38. The molecule has 2 rings (SSSR count). The SMILES string of the molecule is CN=C(NCC1CN(C)CCN1C)N(C)Cc1ccc(OC)cc1.I. The molecule has 142 valence electrons. The number of piperazine rings is 1. The van der Waals surface area contributed by atoms with Crippen LogP contribution in [-0.2, 0) is 6.54 Å². The van der Waals surface area contributed by atoms with Gasteiger partial charge in [0.2, 0.25) is 0 Å². The summed E-state index contributed by atoms with van der Waals surface area (Å²) in [7, 11) is 9.97. The summed E-state index contributed by atoms with van der Waals surface area (Å²) in [5.74, 6) is 1.81. The van der Waals surface area contributed by atoms with Gasteiger partial charge in [0.1, 0.15) is 5.75 Å². The fraction of sp³-hybridized carbons (Fsp3) is 0.611. The molecular formula is C18H32IN5O. The molecule has 7 heteroatoms. The third-order valence-electron chi connectivity index (χ3n) is 4.63. The van der Waals surface area contributed by atoms with Crippen molar-refractivity contribution in [2.45, 2.75) is 12.6 Å². The van der Waals surface area contributed by atoms with E-state index in [9.17, 15) is 0 Å². The Morgan fingerprint density at radius 3 is 2.56 bits per heavy atom. The Morgan fingerprint density at radius 1 is 1.28 bits per heavy atom. The predicted octanol–water partition coefficient (Wildman–Crippen LogP) is 1.57. The lowest BCUT2D eigenvalue weighted by molar-refractivity contribution is 0.116. The number of likely N-dealkylation sites (N-methyl/N-ethyl adjacent to an activating group) is 2. The van der Waals surface area contributed by atoms with Crippen molar-refractivity contribution in [1.82, 2.24) is 20.0 Å². The second-order valence-corrected chi connectivity index (χ2v) is 6.53. The molecule has 1 unspecified atom stereocenters. The van der Waals surface area contributed by atoms with Crippen molar-refractivity contribution in [3.8, 4) is 5.75 Å². The Kier molecular flexibility index (Phi) is 9.52. The highest BCUT2D eigenvalue weighted by molar-refractivity contribution is 14.0. The number of nitrogens with zero attached hydrogens (tertiary/aromatic N) is 4. The zero-order chi connectivity index (χ0) is 17.5. The number of benzene rings is 1. The van der Waals surface area contributed by atoms with Gasteiger partial charge >= 0.3 is 0 Å². The highest BCUT2D eigenvalue weighted by Crippen LogP contribution is 2.12. The van der Waals surface area contributed by atoms with Crippen LogP contribution < -0.4 is 10.1 Å². The molecule has 0 saturated carbocycles. The van der Waals surface area contributed by atoms with Crippen LogP contribution in [0.2, 0.25) is 0 Å². The molecule has 0 aliphatic carbocycles. The second kappa shape index (κ2) is 10.8. The zero-order valence-corrected chi connectivity index (χ0v) is 18.4. The lowest BCUT2D eigenvalue weighted by atomic mass is 10.2. The highest BCUT2D eigenvalue weighted by atomic mass is 127. The lowest BCUT2D eigenvalue weighted by Crippen LogP contribution is -2.55. The molecule has 1 heterocycles. The fourth-order valence-corrected chi connectivity index (χ4v) is 3.00. The van der Waals surface area contributed by atoms with Gasteiger partial charge in [-0.2, -0.15) is 0 Å². The summed E-state index contributed by atoms with van der Waals surface area (Å²) in [6.45, 7) is 5.05. The minimum Gasteiger partial charge on any atom is -0.497 e. The van der Waals surface area contributed by atoms with Gasteiger partial charge in [-0.05, 0) is 31.8 Å². The predicted molar refractivity (Wildman–Crippen MR) is 115 cm³/mol. The average molecular weight is 461 g/mol. The van der Waals surface area contributed by atoms with E-state index >= 15 is 0 Å². The number of nitrogens with one attached hydrogen (secondary N) is 1. The van der Waals surface area contributed by atoms with Crippen molar-refractivity contribution in [3.63, 3.8) is 0 Å². The van der Waals surface area contributed by atoms with E-state index in [1.54, 1.807) is 7.11 Å². The molecule has 25 heavy (non-hydrogen) atoms. The second-order valence-electron chi connectivity index (χ2n) is 6.53. The van der Waals surface area contributed by atoms with Crippen LogP contribution in [0.1, 0.15) is 5.56 Å². The van der Waals surface area contributed by atoms with Crippen LogP contribution in [0.3, 0.4) is 0 Å². The van der Waals surface area contributed by atoms with E-state index in [1.165, 1.54) is 5.56 Å². The van der Waals surface area contributed by atoms with Gasteiger partial charge in [-0.25, -0.2) is 0 Å². The van der Waals surface area contributed by atoms with E-state index in [2.05, 4.69) is 58.3 Å². The summed E-state index contributed by atoms with van der Waals surface area (Å²) in [6, 6.07) is 8.67. The van der Waals surface area contributed by atoms with Crippen LogP contribution in [0.5, 0.6) is 5.75 Å². The van der Waals surface area contributed by atoms with Crippen LogP contribution in [0.15, 0.2) is 29.3 Å². The largest absolute Gasteiger partial charge is 0.497 e. The van der Waals surface area contributed by atoms with E-state index in [0.29, 0.717) is 6.04 Å². The highest BCUT2D eigenvalue weighted by Gasteiger charge is 2.22. The minimum absolute atomic E-state index is 0. The molecule has 1 aromatic rings. The molecule has 1 fully saturated rings. The smallest absolute Gasteiger partial charge is 0.193 e. The number of guanidine groups is 1. The Bertz CT molecular complexity index is 537. The fourth-order valence-electron chi connectivity index (χ4n) is 3.00. The minimum atomic E-state index is 0. The summed E-state index contributed by atoms with van der Waals surface area (Å²) < 4.78 is 5.21. The van der Waals surface area contributed by atoms with Gasteiger partial charge in [-0.1, -0.05) is 12.1 Å². The number of rotatable bonds is 5. The molecule has 1 aliphatic rings. The van der Waals surface area contributed by atoms with Gasteiger partial charge in [-0.15, -0.1) is 24.0 Å². The van der Waals surface area contributed by atoms with Gasteiger partial charge in [0.05, 0.1) is 7.11 Å². The van der Waals surface area contributed by atoms with Gasteiger partial charge in [0, 0.05) is 52.9 Å². The summed E-state index contributed by atoms with van der Waals surface area (Å²) >= 11 is 0. The standard InChI is InChI=1S/C18H31N5O.HI/c1-19-18(20-12-16-14-21(2)10-11-22(16)3)23(4)13-15-6-8-17(24-5)9-7-15;/h6-9,16H,10-14H2,1-5H3,(H,19,20);1H. The third kappa shape index (κ3) is 6.63. The van der Waals surface area contributed by atoms with Crippen molar-refractivity contribution < 1.29 is 4.74 Å². The number of aliphatic imine (C=N–C) groups is 1. The molecule has 0 radical (unpaired) electrons. The van der Waals surface area contributed by atoms with E-state index < -0.39 is 0 Å². The van der Waals surface area contributed by atoms with E-state index in [-0.39, 0.29) is 24.0 Å². The van der Waals surface area contributed by atoms with Crippen molar-refractivity contribution in [1.29, 1.82) is 0 Å². The van der Waals surface area contributed by atoms with Crippen molar-refractivity contribution in [3.05, 3.63) is 29.8 Å². The van der Waals surface area contributed by atoms with Crippen LogP contribution in [-0.4, -0.2) is 88.2 Å². The number of hydrogen-bond donors (Lipinski definition) is 1. The summed E-state index contributed by atoms with van der Waals surface area (Å²) in [4.78, 5) is 11.4.